The third kappa shape index (κ3) is 3.31. The van der Waals surface area contributed by atoms with Crippen LogP contribution in [0.1, 0.15) is 32.1 Å². The Labute approximate surface area is 125 Å². The standard InChI is InChI=1S/C16H23N3O2/c1-4-13(17-5-2)15-18-14-9-7-6-8-12(14)16(20)19(15)10-11-21-3/h6-9,13,17H,4-5,10-11H2,1-3H3/t13-/m0/s1. The first-order valence-corrected chi connectivity index (χ1v) is 7.44. The van der Waals surface area contributed by atoms with Crippen LogP contribution in [0, 0.1) is 0 Å². The Morgan fingerprint density at radius 2 is 2.10 bits per heavy atom. The second-order valence-electron chi connectivity index (χ2n) is 4.96. The van der Waals surface area contributed by atoms with Crippen molar-refractivity contribution in [2.24, 2.45) is 0 Å². The van der Waals surface area contributed by atoms with Crippen molar-refractivity contribution in [2.75, 3.05) is 20.3 Å². The van der Waals surface area contributed by atoms with Gasteiger partial charge in [-0.1, -0.05) is 26.0 Å². The van der Waals surface area contributed by atoms with Crippen molar-refractivity contribution in [1.29, 1.82) is 0 Å². The van der Waals surface area contributed by atoms with Gasteiger partial charge in [-0.3, -0.25) is 9.36 Å². The van der Waals surface area contributed by atoms with Crippen LogP contribution in [0.3, 0.4) is 0 Å². The molecule has 0 radical (unpaired) electrons. The minimum atomic E-state index is 0.00371. The van der Waals surface area contributed by atoms with E-state index in [-0.39, 0.29) is 11.6 Å². The van der Waals surface area contributed by atoms with E-state index in [1.165, 1.54) is 0 Å². The molecular weight excluding hydrogens is 266 g/mol. The smallest absolute Gasteiger partial charge is 0.261 e. The first-order chi connectivity index (χ1) is 10.2. The molecule has 114 valence electrons. The Morgan fingerprint density at radius 3 is 2.76 bits per heavy atom. The Kier molecular flexibility index (Phi) is 5.47. The number of methoxy groups -OCH3 is 1. The van der Waals surface area contributed by atoms with Crippen molar-refractivity contribution in [3.05, 3.63) is 40.4 Å². The Hall–Kier alpha value is -1.72. The van der Waals surface area contributed by atoms with Crippen molar-refractivity contribution >= 4 is 10.9 Å². The van der Waals surface area contributed by atoms with E-state index in [4.69, 9.17) is 9.72 Å². The molecule has 21 heavy (non-hydrogen) atoms. The van der Waals surface area contributed by atoms with E-state index in [0.29, 0.717) is 18.5 Å². The van der Waals surface area contributed by atoms with Crippen LogP contribution < -0.4 is 10.9 Å². The zero-order valence-electron chi connectivity index (χ0n) is 12.9. The molecule has 2 rings (SSSR count). The molecule has 0 amide bonds. The predicted octanol–water partition coefficient (Wildman–Crippen LogP) is 2.10. The molecule has 0 unspecified atom stereocenters. The average molecular weight is 289 g/mol. The second kappa shape index (κ2) is 7.33. The summed E-state index contributed by atoms with van der Waals surface area (Å²) >= 11 is 0. The van der Waals surface area contributed by atoms with Gasteiger partial charge in [0.15, 0.2) is 0 Å². The summed E-state index contributed by atoms with van der Waals surface area (Å²) in [5.74, 6) is 0.792. The van der Waals surface area contributed by atoms with Gasteiger partial charge in [-0.2, -0.15) is 0 Å². The normalized spacial score (nSPS) is 12.7. The van der Waals surface area contributed by atoms with Crippen molar-refractivity contribution in [3.63, 3.8) is 0 Å². The number of nitrogens with one attached hydrogen (secondary N) is 1. The van der Waals surface area contributed by atoms with E-state index in [0.717, 1.165) is 24.3 Å². The topological polar surface area (TPSA) is 56.2 Å². The molecule has 1 heterocycles. The van der Waals surface area contributed by atoms with Crippen LogP contribution in [0.5, 0.6) is 0 Å². The number of benzene rings is 1. The highest BCUT2D eigenvalue weighted by molar-refractivity contribution is 5.77. The van der Waals surface area contributed by atoms with Crippen LogP contribution >= 0.6 is 0 Å². The van der Waals surface area contributed by atoms with Crippen molar-refractivity contribution in [1.82, 2.24) is 14.9 Å². The van der Waals surface area contributed by atoms with Gasteiger partial charge in [0.2, 0.25) is 0 Å². The lowest BCUT2D eigenvalue weighted by Crippen LogP contribution is -2.33. The summed E-state index contributed by atoms with van der Waals surface area (Å²) in [5, 5.41) is 4.05. The Balaban J connectivity index is 2.62. The van der Waals surface area contributed by atoms with E-state index in [1.54, 1.807) is 11.7 Å². The van der Waals surface area contributed by atoms with E-state index in [9.17, 15) is 4.79 Å². The van der Waals surface area contributed by atoms with Crippen LogP contribution in [0.2, 0.25) is 0 Å². The maximum absolute atomic E-state index is 12.7. The third-order valence-corrected chi connectivity index (χ3v) is 3.58. The van der Waals surface area contributed by atoms with E-state index < -0.39 is 0 Å². The largest absolute Gasteiger partial charge is 0.383 e. The molecule has 0 aliphatic rings. The lowest BCUT2D eigenvalue weighted by atomic mass is 10.1. The minimum Gasteiger partial charge on any atom is -0.383 e. The first-order valence-electron chi connectivity index (χ1n) is 7.44. The van der Waals surface area contributed by atoms with Gasteiger partial charge in [0.05, 0.1) is 30.1 Å². The molecule has 1 atom stereocenters. The SMILES string of the molecule is CCN[C@@H](CC)c1nc2ccccc2c(=O)n1CCOC. The van der Waals surface area contributed by atoms with Crippen molar-refractivity contribution in [2.45, 2.75) is 32.9 Å². The van der Waals surface area contributed by atoms with E-state index in [1.807, 2.05) is 24.3 Å². The van der Waals surface area contributed by atoms with Crippen LogP contribution in [-0.2, 0) is 11.3 Å². The first kappa shape index (κ1) is 15.7. The Morgan fingerprint density at radius 1 is 1.33 bits per heavy atom. The van der Waals surface area contributed by atoms with Crippen LogP contribution in [-0.4, -0.2) is 29.8 Å². The molecule has 0 aliphatic heterocycles. The maximum atomic E-state index is 12.7. The number of nitrogens with zero attached hydrogens (tertiary/aromatic N) is 2. The minimum absolute atomic E-state index is 0.00371. The summed E-state index contributed by atoms with van der Waals surface area (Å²) in [6.07, 6.45) is 0.881. The fourth-order valence-corrected chi connectivity index (χ4v) is 2.51. The van der Waals surface area contributed by atoms with Crippen molar-refractivity contribution in [3.8, 4) is 0 Å². The molecule has 0 spiro atoms. The molecule has 1 aromatic heterocycles. The molecule has 5 heteroatoms. The summed E-state index contributed by atoms with van der Waals surface area (Å²) in [7, 11) is 1.64. The summed E-state index contributed by atoms with van der Waals surface area (Å²) in [6.45, 7) is 6.00. The van der Waals surface area contributed by atoms with Gasteiger partial charge in [0.25, 0.3) is 5.56 Å². The quantitative estimate of drug-likeness (QED) is 0.848. The molecule has 0 fully saturated rings. The predicted molar refractivity (Wildman–Crippen MR) is 84.6 cm³/mol. The zero-order valence-corrected chi connectivity index (χ0v) is 12.9. The van der Waals surface area contributed by atoms with Gasteiger partial charge < -0.3 is 10.1 Å². The van der Waals surface area contributed by atoms with Gasteiger partial charge >= 0.3 is 0 Å². The van der Waals surface area contributed by atoms with E-state index in [2.05, 4.69) is 19.2 Å². The fourth-order valence-electron chi connectivity index (χ4n) is 2.51. The third-order valence-electron chi connectivity index (χ3n) is 3.58. The lowest BCUT2D eigenvalue weighted by molar-refractivity contribution is 0.184. The molecular formula is C16H23N3O2. The zero-order chi connectivity index (χ0) is 15.2. The molecule has 2 aromatic rings. The van der Waals surface area contributed by atoms with E-state index >= 15 is 0 Å². The molecule has 0 saturated carbocycles. The van der Waals surface area contributed by atoms with Gasteiger partial charge in [-0.25, -0.2) is 4.98 Å². The second-order valence-corrected chi connectivity index (χ2v) is 4.96. The fraction of sp³-hybridized carbons (Fsp3) is 0.500. The molecule has 1 N–H and O–H groups in total. The van der Waals surface area contributed by atoms with Crippen LogP contribution in [0.15, 0.2) is 29.1 Å². The van der Waals surface area contributed by atoms with Crippen LogP contribution in [0.4, 0.5) is 0 Å². The molecule has 1 aromatic carbocycles. The number of rotatable bonds is 7. The maximum Gasteiger partial charge on any atom is 0.261 e. The summed E-state index contributed by atoms with van der Waals surface area (Å²) in [5.41, 5.74) is 0.756. The van der Waals surface area contributed by atoms with Crippen LogP contribution in [0.25, 0.3) is 10.9 Å². The van der Waals surface area contributed by atoms with Gasteiger partial charge in [0, 0.05) is 7.11 Å². The Bertz CT molecular complexity index is 652. The number of hydrogen-bond donors (Lipinski definition) is 1. The number of para-hydroxylation sites is 1. The lowest BCUT2D eigenvalue weighted by Gasteiger charge is -2.20. The monoisotopic (exact) mass is 289 g/mol. The van der Waals surface area contributed by atoms with Crippen molar-refractivity contribution < 1.29 is 4.74 Å². The molecule has 5 nitrogen and oxygen atoms in total. The molecule has 0 bridgehead atoms. The molecule has 0 saturated heterocycles. The highest BCUT2D eigenvalue weighted by Gasteiger charge is 2.17. The summed E-state index contributed by atoms with van der Waals surface area (Å²) in [6, 6.07) is 7.56. The molecule has 0 aliphatic carbocycles. The highest BCUT2D eigenvalue weighted by atomic mass is 16.5. The average Bonchev–Trinajstić information content (AvgIpc) is 2.52. The number of fused-ring (bicyclic) bond motifs is 1. The summed E-state index contributed by atoms with van der Waals surface area (Å²) < 4.78 is 6.87. The van der Waals surface area contributed by atoms with Gasteiger partial charge in [-0.15, -0.1) is 0 Å². The van der Waals surface area contributed by atoms with Gasteiger partial charge in [-0.05, 0) is 25.1 Å². The highest BCUT2D eigenvalue weighted by Crippen LogP contribution is 2.16. The number of aromatic nitrogens is 2. The summed E-state index contributed by atoms with van der Waals surface area (Å²) in [4.78, 5) is 17.4. The number of ether oxygens (including phenoxy) is 1. The van der Waals surface area contributed by atoms with Gasteiger partial charge in [0.1, 0.15) is 5.82 Å². The number of hydrogen-bond acceptors (Lipinski definition) is 4.